The van der Waals surface area contributed by atoms with Crippen molar-refractivity contribution in [2.45, 2.75) is 13.0 Å². The van der Waals surface area contributed by atoms with E-state index in [0.29, 0.717) is 6.54 Å². The second kappa shape index (κ2) is 5.97. The molecule has 1 atom stereocenters. The lowest BCUT2D eigenvalue weighted by molar-refractivity contribution is -0.136. The van der Waals surface area contributed by atoms with Gasteiger partial charge in [0.25, 0.3) is 5.91 Å². The summed E-state index contributed by atoms with van der Waals surface area (Å²) in [5.74, 6) is -1.79. The molecule has 104 valence electrons. The number of halogens is 2. The molecule has 0 saturated carbocycles. The van der Waals surface area contributed by atoms with Crippen molar-refractivity contribution in [2.24, 2.45) is 0 Å². The van der Waals surface area contributed by atoms with E-state index in [0.717, 1.165) is 25.2 Å². The van der Waals surface area contributed by atoms with Gasteiger partial charge >= 0.3 is 0 Å². The Morgan fingerprint density at radius 2 is 2.32 bits per heavy atom. The number of rotatable bonds is 3. The number of nitrogens with zero attached hydrogens (tertiary/aromatic N) is 1. The Kier molecular flexibility index (Phi) is 4.31. The summed E-state index contributed by atoms with van der Waals surface area (Å²) in [6.07, 6.45) is 0. The van der Waals surface area contributed by atoms with Crippen LogP contribution in [0.2, 0.25) is 0 Å². The largest absolute Gasteiger partial charge is 0.481 e. The molecule has 1 saturated heterocycles. The van der Waals surface area contributed by atoms with E-state index in [2.05, 4.69) is 5.32 Å². The molecule has 19 heavy (non-hydrogen) atoms. The van der Waals surface area contributed by atoms with Gasteiger partial charge in [-0.05, 0) is 19.1 Å². The second-order valence-electron chi connectivity index (χ2n) is 4.50. The maximum Gasteiger partial charge on any atom is 0.260 e. The number of ether oxygens (including phenoxy) is 1. The first kappa shape index (κ1) is 13.7. The number of nitrogens with one attached hydrogen (secondary N) is 1. The van der Waals surface area contributed by atoms with Crippen LogP contribution in [0, 0.1) is 11.6 Å². The third-order valence-corrected chi connectivity index (χ3v) is 3.07. The first-order chi connectivity index (χ1) is 9.08. The van der Waals surface area contributed by atoms with Crippen molar-refractivity contribution in [1.82, 2.24) is 10.2 Å². The highest BCUT2D eigenvalue weighted by Gasteiger charge is 2.23. The van der Waals surface area contributed by atoms with Crippen molar-refractivity contribution in [3.63, 3.8) is 0 Å². The van der Waals surface area contributed by atoms with E-state index in [9.17, 15) is 13.6 Å². The minimum atomic E-state index is -0.804. The summed E-state index contributed by atoms with van der Waals surface area (Å²) in [6.45, 7) is 3.77. The molecule has 1 aliphatic rings. The molecule has 1 N–H and O–H groups in total. The number of carbonyl (C=O) groups is 1. The van der Waals surface area contributed by atoms with Crippen molar-refractivity contribution >= 4 is 5.91 Å². The minimum Gasteiger partial charge on any atom is -0.481 e. The van der Waals surface area contributed by atoms with Gasteiger partial charge in [-0.3, -0.25) is 4.79 Å². The molecule has 1 aromatic rings. The van der Waals surface area contributed by atoms with Gasteiger partial charge in [0.2, 0.25) is 0 Å². The highest BCUT2D eigenvalue weighted by Crippen LogP contribution is 2.17. The van der Waals surface area contributed by atoms with Crippen LogP contribution in [0.15, 0.2) is 18.2 Å². The molecule has 0 radical (unpaired) electrons. The number of hydrogen-bond donors (Lipinski definition) is 1. The summed E-state index contributed by atoms with van der Waals surface area (Å²) in [7, 11) is 0. The number of benzene rings is 1. The zero-order valence-electron chi connectivity index (χ0n) is 10.7. The first-order valence-corrected chi connectivity index (χ1v) is 6.16. The zero-order valence-corrected chi connectivity index (χ0v) is 10.7. The molecule has 6 heteroatoms. The van der Waals surface area contributed by atoms with E-state index in [1.165, 1.54) is 6.07 Å². The molecule has 1 aliphatic heterocycles. The fourth-order valence-electron chi connectivity index (χ4n) is 2.03. The summed E-state index contributed by atoms with van der Waals surface area (Å²) in [5.41, 5.74) is 0. The van der Waals surface area contributed by atoms with Crippen molar-refractivity contribution in [3.8, 4) is 5.75 Å². The Hall–Kier alpha value is -1.69. The van der Waals surface area contributed by atoms with Gasteiger partial charge in [0.15, 0.2) is 18.2 Å². The summed E-state index contributed by atoms with van der Waals surface area (Å²) >= 11 is 0. The van der Waals surface area contributed by atoms with Gasteiger partial charge in [0.1, 0.15) is 5.82 Å². The predicted octanol–water partition coefficient (Wildman–Crippen LogP) is 1.16. The number of carbonyl (C=O) groups excluding carboxylic acids is 1. The zero-order chi connectivity index (χ0) is 13.8. The van der Waals surface area contributed by atoms with E-state index in [-0.39, 0.29) is 24.3 Å². The van der Waals surface area contributed by atoms with Crippen LogP contribution in [0.3, 0.4) is 0 Å². The quantitative estimate of drug-likeness (QED) is 0.896. The summed E-state index contributed by atoms with van der Waals surface area (Å²) in [4.78, 5) is 13.6. The first-order valence-electron chi connectivity index (χ1n) is 6.16. The number of amides is 1. The summed E-state index contributed by atoms with van der Waals surface area (Å²) in [6, 6.07) is 3.09. The number of hydrogen-bond acceptors (Lipinski definition) is 3. The van der Waals surface area contributed by atoms with Crippen molar-refractivity contribution in [1.29, 1.82) is 0 Å². The molecule has 0 spiro atoms. The van der Waals surface area contributed by atoms with Gasteiger partial charge in [-0.25, -0.2) is 8.78 Å². The standard InChI is InChI=1S/C13H16F2N2O2/c1-9-7-16-4-5-17(9)13(18)8-19-12-3-2-10(14)6-11(12)15/h2-3,6,9,16H,4-5,7-8H2,1H3/t9-/m0/s1. The molecule has 1 fully saturated rings. The molecule has 2 rings (SSSR count). The average molecular weight is 270 g/mol. The maximum absolute atomic E-state index is 13.3. The van der Waals surface area contributed by atoms with Crippen LogP contribution in [-0.2, 0) is 4.79 Å². The summed E-state index contributed by atoms with van der Waals surface area (Å²) < 4.78 is 31.1. The van der Waals surface area contributed by atoms with Crippen molar-refractivity contribution in [3.05, 3.63) is 29.8 Å². The van der Waals surface area contributed by atoms with Crippen molar-refractivity contribution in [2.75, 3.05) is 26.2 Å². The molecular weight excluding hydrogens is 254 g/mol. The topological polar surface area (TPSA) is 41.6 Å². The van der Waals surface area contributed by atoms with E-state index in [1.54, 1.807) is 4.90 Å². The Morgan fingerprint density at radius 3 is 3.00 bits per heavy atom. The van der Waals surface area contributed by atoms with Crippen LogP contribution in [0.4, 0.5) is 8.78 Å². The van der Waals surface area contributed by atoms with Crippen LogP contribution >= 0.6 is 0 Å². The van der Waals surface area contributed by atoms with E-state index in [1.807, 2.05) is 6.92 Å². The van der Waals surface area contributed by atoms with E-state index >= 15 is 0 Å². The summed E-state index contributed by atoms with van der Waals surface area (Å²) in [5, 5.41) is 3.17. The normalized spacial score (nSPS) is 19.3. The third-order valence-electron chi connectivity index (χ3n) is 3.07. The van der Waals surface area contributed by atoms with E-state index in [4.69, 9.17) is 4.74 Å². The molecule has 4 nitrogen and oxygen atoms in total. The van der Waals surface area contributed by atoms with Crippen LogP contribution in [-0.4, -0.2) is 43.1 Å². The van der Waals surface area contributed by atoms with Gasteiger partial charge in [-0.1, -0.05) is 0 Å². The lowest BCUT2D eigenvalue weighted by Gasteiger charge is -2.33. The highest BCUT2D eigenvalue weighted by molar-refractivity contribution is 5.78. The van der Waals surface area contributed by atoms with E-state index < -0.39 is 11.6 Å². The monoisotopic (exact) mass is 270 g/mol. The molecule has 1 aromatic carbocycles. The average Bonchev–Trinajstić information content (AvgIpc) is 2.38. The maximum atomic E-state index is 13.3. The fourth-order valence-corrected chi connectivity index (χ4v) is 2.03. The predicted molar refractivity (Wildman–Crippen MR) is 65.9 cm³/mol. The second-order valence-corrected chi connectivity index (χ2v) is 4.50. The smallest absolute Gasteiger partial charge is 0.260 e. The Bertz CT molecular complexity index is 468. The lowest BCUT2D eigenvalue weighted by Crippen LogP contribution is -2.53. The van der Waals surface area contributed by atoms with Crippen LogP contribution < -0.4 is 10.1 Å². The Labute approximate surface area is 110 Å². The van der Waals surface area contributed by atoms with Crippen LogP contribution in [0.25, 0.3) is 0 Å². The lowest BCUT2D eigenvalue weighted by atomic mass is 10.2. The number of piperazine rings is 1. The van der Waals surface area contributed by atoms with Gasteiger partial charge in [-0.2, -0.15) is 0 Å². The highest BCUT2D eigenvalue weighted by atomic mass is 19.1. The Morgan fingerprint density at radius 1 is 1.53 bits per heavy atom. The van der Waals surface area contributed by atoms with Gasteiger partial charge in [0.05, 0.1) is 0 Å². The third kappa shape index (κ3) is 3.41. The van der Waals surface area contributed by atoms with Crippen LogP contribution in [0.5, 0.6) is 5.75 Å². The minimum absolute atomic E-state index is 0.0860. The molecular formula is C13H16F2N2O2. The molecule has 0 unspecified atom stereocenters. The molecule has 0 bridgehead atoms. The van der Waals surface area contributed by atoms with Crippen molar-refractivity contribution < 1.29 is 18.3 Å². The molecule has 1 amide bonds. The Balaban J connectivity index is 1.92. The molecule has 1 heterocycles. The van der Waals surface area contributed by atoms with Gasteiger partial charge in [0, 0.05) is 31.7 Å². The SMILES string of the molecule is C[C@H]1CNCCN1C(=O)COc1ccc(F)cc1F. The fraction of sp³-hybridized carbons (Fsp3) is 0.462. The van der Waals surface area contributed by atoms with Crippen LogP contribution in [0.1, 0.15) is 6.92 Å². The van der Waals surface area contributed by atoms with Gasteiger partial charge < -0.3 is 15.0 Å². The molecule has 0 aliphatic carbocycles. The molecule has 0 aromatic heterocycles. The van der Waals surface area contributed by atoms with Gasteiger partial charge in [-0.15, -0.1) is 0 Å².